The summed E-state index contributed by atoms with van der Waals surface area (Å²) < 4.78 is 3.53. The predicted octanol–water partition coefficient (Wildman–Crippen LogP) is 1.94. The van der Waals surface area contributed by atoms with Crippen molar-refractivity contribution < 1.29 is 9.90 Å². The van der Waals surface area contributed by atoms with Gasteiger partial charge in [0.1, 0.15) is 0 Å². The fourth-order valence-corrected chi connectivity index (χ4v) is 2.19. The van der Waals surface area contributed by atoms with Gasteiger partial charge in [-0.1, -0.05) is 0 Å². The molecule has 106 valence electrons. The number of carbonyl (C=O) groups is 1. The van der Waals surface area contributed by atoms with Gasteiger partial charge in [0.2, 0.25) is 0 Å². The molecule has 6 nitrogen and oxygen atoms in total. The van der Waals surface area contributed by atoms with Gasteiger partial charge >= 0.3 is 5.97 Å². The summed E-state index contributed by atoms with van der Waals surface area (Å²) in [5.74, 6) is -0.211. The zero-order valence-electron chi connectivity index (χ0n) is 12.3. The van der Waals surface area contributed by atoms with Gasteiger partial charge in [0.25, 0.3) is 0 Å². The van der Waals surface area contributed by atoms with E-state index in [1.165, 1.54) is 0 Å². The first-order valence-electron chi connectivity index (χ1n) is 6.30. The van der Waals surface area contributed by atoms with Crippen LogP contribution in [0.4, 0.5) is 0 Å². The Balaban J connectivity index is 2.67. The SMILES string of the molecule is Cc1nn(-c2c(C=CC(=O)O)c(C)nn2C)c(C)c1C. The van der Waals surface area contributed by atoms with Gasteiger partial charge in [0.05, 0.1) is 11.4 Å². The minimum atomic E-state index is -0.983. The van der Waals surface area contributed by atoms with E-state index in [0.29, 0.717) is 0 Å². The Labute approximate surface area is 117 Å². The molecule has 6 heteroatoms. The van der Waals surface area contributed by atoms with Gasteiger partial charge in [-0.05, 0) is 39.3 Å². The van der Waals surface area contributed by atoms with Crippen molar-refractivity contribution in [1.82, 2.24) is 19.6 Å². The second-order valence-electron chi connectivity index (χ2n) is 4.83. The molecule has 0 aliphatic carbocycles. The second-order valence-corrected chi connectivity index (χ2v) is 4.83. The number of aromatic nitrogens is 4. The number of hydrogen-bond donors (Lipinski definition) is 1. The maximum absolute atomic E-state index is 10.7. The summed E-state index contributed by atoms with van der Waals surface area (Å²) in [4.78, 5) is 10.7. The maximum Gasteiger partial charge on any atom is 0.328 e. The highest BCUT2D eigenvalue weighted by atomic mass is 16.4. The van der Waals surface area contributed by atoms with Gasteiger partial charge in [-0.25, -0.2) is 9.48 Å². The Hall–Kier alpha value is -2.37. The van der Waals surface area contributed by atoms with Crippen molar-refractivity contribution in [2.24, 2.45) is 7.05 Å². The van der Waals surface area contributed by atoms with E-state index >= 15 is 0 Å². The van der Waals surface area contributed by atoms with Gasteiger partial charge in [-0.2, -0.15) is 10.2 Å². The Morgan fingerprint density at radius 3 is 2.30 bits per heavy atom. The van der Waals surface area contributed by atoms with Crippen molar-refractivity contribution >= 4 is 12.0 Å². The van der Waals surface area contributed by atoms with E-state index in [-0.39, 0.29) is 0 Å². The summed E-state index contributed by atoms with van der Waals surface area (Å²) in [6.07, 6.45) is 2.68. The maximum atomic E-state index is 10.7. The third kappa shape index (κ3) is 2.24. The molecule has 0 unspecified atom stereocenters. The summed E-state index contributed by atoms with van der Waals surface area (Å²) >= 11 is 0. The van der Waals surface area contributed by atoms with Gasteiger partial charge < -0.3 is 5.11 Å². The van der Waals surface area contributed by atoms with Crippen molar-refractivity contribution in [3.05, 3.63) is 34.3 Å². The molecule has 0 atom stereocenters. The molecule has 1 N–H and O–H groups in total. The van der Waals surface area contributed by atoms with Gasteiger partial charge in [0, 0.05) is 24.4 Å². The first-order chi connectivity index (χ1) is 9.32. The van der Waals surface area contributed by atoms with E-state index in [1.54, 1.807) is 10.8 Å². The molecule has 0 saturated carbocycles. The Morgan fingerprint density at radius 2 is 1.80 bits per heavy atom. The first-order valence-corrected chi connectivity index (χ1v) is 6.30. The smallest absolute Gasteiger partial charge is 0.328 e. The molecule has 0 aromatic carbocycles. The average molecular weight is 274 g/mol. The molecule has 0 spiro atoms. The topological polar surface area (TPSA) is 72.9 Å². The van der Waals surface area contributed by atoms with Crippen molar-refractivity contribution in [3.63, 3.8) is 0 Å². The number of hydrogen-bond acceptors (Lipinski definition) is 3. The Morgan fingerprint density at radius 1 is 1.15 bits per heavy atom. The molecule has 20 heavy (non-hydrogen) atoms. The molecule has 0 saturated heterocycles. The highest BCUT2D eigenvalue weighted by molar-refractivity contribution is 5.86. The van der Waals surface area contributed by atoms with Crippen LogP contribution in [-0.2, 0) is 11.8 Å². The Bertz CT molecular complexity index is 707. The van der Waals surface area contributed by atoms with Crippen molar-refractivity contribution in [2.45, 2.75) is 27.7 Å². The molecular weight excluding hydrogens is 256 g/mol. The lowest BCUT2D eigenvalue weighted by Crippen LogP contribution is -2.07. The predicted molar refractivity (Wildman–Crippen MR) is 75.9 cm³/mol. The fourth-order valence-electron chi connectivity index (χ4n) is 2.19. The van der Waals surface area contributed by atoms with E-state index in [0.717, 1.165) is 40.1 Å². The zero-order chi connectivity index (χ0) is 15.0. The molecule has 0 aliphatic rings. The molecule has 0 bridgehead atoms. The summed E-state index contributed by atoms with van der Waals surface area (Å²) in [7, 11) is 1.83. The van der Waals surface area contributed by atoms with E-state index in [4.69, 9.17) is 5.11 Å². The van der Waals surface area contributed by atoms with E-state index in [9.17, 15) is 4.79 Å². The largest absolute Gasteiger partial charge is 0.478 e. The number of aliphatic carboxylic acids is 1. The first kappa shape index (κ1) is 14.0. The molecule has 2 rings (SSSR count). The summed E-state index contributed by atoms with van der Waals surface area (Å²) in [6, 6.07) is 0. The molecular formula is C14H18N4O2. The van der Waals surface area contributed by atoms with Crippen LogP contribution in [-0.4, -0.2) is 30.6 Å². The number of carboxylic acid groups (broad SMARTS) is 1. The lowest BCUT2D eigenvalue weighted by Gasteiger charge is -2.06. The molecule has 0 radical (unpaired) electrons. The molecule has 2 aromatic rings. The number of nitrogens with zero attached hydrogens (tertiary/aromatic N) is 4. The summed E-state index contributed by atoms with van der Waals surface area (Å²) in [5, 5.41) is 17.7. The summed E-state index contributed by atoms with van der Waals surface area (Å²) in [6.45, 7) is 7.81. The highest BCUT2D eigenvalue weighted by Gasteiger charge is 2.17. The third-order valence-electron chi connectivity index (χ3n) is 3.48. The van der Waals surface area contributed by atoms with Crippen molar-refractivity contribution in [3.8, 4) is 5.82 Å². The third-order valence-corrected chi connectivity index (χ3v) is 3.48. The van der Waals surface area contributed by atoms with Crippen LogP contribution in [0.25, 0.3) is 11.9 Å². The summed E-state index contributed by atoms with van der Waals surface area (Å²) in [5.41, 5.74) is 4.63. The second kappa shape index (κ2) is 4.96. The monoisotopic (exact) mass is 274 g/mol. The van der Waals surface area contributed by atoms with Crippen molar-refractivity contribution in [2.75, 3.05) is 0 Å². The van der Waals surface area contributed by atoms with E-state index in [1.807, 2.05) is 39.4 Å². The number of rotatable bonds is 3. The molecule has 2 aromatic heterocycles. The molecule has 0 aliphatic heterocycles. The lowest BCUT2D eigenvalue weighted by atomic mass is 10.2. The van der Waals surface area contributed by atoms with Crippen molar-refractivity contribution in [1.29, 1.82) is 0 Å². The zero-order valence-corrected chi connectivity index (χ0v) is 12.3. The van der Waals surface area contributed by atoms with E-state index < -0.39 is 5.97 Å². The molecule has 0 fully saturated rings. The molecule has 2 heterocycles. The van der Waals surface area contributed by atoms with Crippen LogP contribution in [0.1, 0.15) is 28.2 Å². The quantitative estimate of drug-likeness (QED) is 0.868. The van der Waals surface area contributed by atoms with Crippen LogP contribution in [0.2, 0.25) is 0 Å². The lowest BCUT2D eigenvalue weighted by molar-refractivity contribution is -0.131. The highest BCUT2D eigenvalue weighted by Crippen LogP contribution is 2.23. The van der Waals surface area contributed by atoms with Gasteiger partial charge in [-0.15, -0.1) is 0 Å². The van der Waals surface area contributed by atoms with Crippen LogP contribution >= 0.6 is 0 Å². The number of aryl methyl sites for hydroxylation is 3. The van der Waals surface area contributed by atoms with Crippen LogP contribution < -0.4 is 0 Å². The minimum absolute atomic E-state index is 0.764. The normalized spacial score (nSPS) is 11.4. The standard InChI is InChI=1S/C14H18N4O2/c1-8-9(2)16-18(11(8)4)14-12(6-7-13(19)20)10(3)15-17(14)5/h6-7H,1-5H3,(H,19,20). The van der Waals surface area contributed by atoms with Gasteiger partial charge in [-0.3, -0.25) is 4.68 Å². The molecule has 0 amide bonds. The average Bonchev–Trinajstić information content (AvgIpc) is 2.77. The van der Waals surface area contributed by atoms with Crippen LogP contribution in [0.15, 0.2) is 6.08 Å². The minimum Gasteiger partial charge on any atom is -0.478 e. The van der Waals surface area contributed by atoms with E-state index in [2.05, 4.69) is 10.2 Å². The van der Waals surface area contributed by atoms with Crippen LogP contribution in [0, 0.1) is 27.7 Å². The van der Waals surface area contributed by atoms with Gasteiger partial charge in [0.15, 0.2) is 5.82 Å². The van der Waals surface area contributed by atoms with Crippen LogP contribution in [0.3, 0.4) is 0 Å². The fraction of sp³-hybridized carbons (Fsp3) is 0.357. The number of carboxylic acids is 1. The van der Waals surface area contributed by atoms with Crippen LogP contribution in [0.5, 0.6) is 0 Å². The Kier molecular flexibility index (Phi) is 3.48.